The Morgan fingerprint density at radius 2 is 2.25 bits per heavy atom. The lowest BCUT2D eigenvalue weighted by molar-refractivity contribution is -0.137. The van der Waals surface area contributed by atoms with Crippen LogP contribution in [0, 0.1) is 5.82 Å². The number of benzene rings is 1. The molecule has 1 aliphatic rings. The quantitative estimate of drug-likeness (QED) is 0.903. The molecular weight excluding hydrogens is 304 g/mol. The second kappa shape index (κ2) is 7.81. The topological polar surface area (TPSA) is 40.5 Å². The molecule has 3 nitrogen and oxygen atoms in total. The van der Waals surface area contributed by atoms with Crippen LogP contribution in [0.4, 0.5) is 4.39 Å². The van der Waals surface area contributed by atoms with Crippen molar-refractivity contribution in [1.82, 2.24) is 4.90 Å². The predicted octanol–water partition coefficient (Wildman–Crippen LogP) is 3.38. The molecule has 0 aliphatic carbocycles. The average molecular weight is 322 g/mol. The van der Waals surface area contributed by atoms with E-state index in [1.807, 2.05) is 0 Å². The van der Waals surface area contributed by atoms with Crippen LogP contribution in [0.2, 0.25) is 5.02 Å². The molecule has 0 radical (unpaired) electrons. The fraction of sp³-hybridized carbons (Fsp3) is 0.500. The highest BCUT2D eigenvalue weighted by molar-refractivity contribution is 6.31. The molecule has 20 heavy (non-hydrogen) atoms. The van der Waals surface area contributed by atoms with Gasteiger partial charge in [-0.1, -0.05) is 17.7 Å². The summed E-state index contributed by atoms with van der Waals surface area (Å²) in [6.45, 7) is 1.40. The summed E-state index contributed by atoms with van der Waals surface area (Å²) in [6, 6.07) is 4.89. The largest absolute Gasteiger partial charge is 0.481 e. The predicted molar refractivity (Wildman–Crippen MR) is 79.2 cm³/mol. The fourth-order valence-corrected chi connectivity index (χ4v) is 2.86. The van der Waals surface area contributed by atoms with E-state index in [-0.39, 0.29) is 30.7 Å². The Hall–Kier alpha value is -0.840. The van der Waals surface area contributed by atoms with Crippen molar-refractivity contribution in [3.05, 3.63) is 34.6 Å². The van der Waals surface area contributed by atoms with E-state index in [0.717, 1.165) is 19.4 Å². The maximum absolute atomic E-state index is 13.7. The Labute approximate surface area is 129 Å². The lowest BCUT2D eigenvalue weighted by Crippen LogP contribution is -2.33. The van der Waals surface area contributed by atoms with Crippen LogP contribution in [-0.2, 0) is 11.2 Å². The van der Waals surface area contributed by atoms with Crippen LogP contribution in [-0.4, -0.2) is 35.1 Å². The molecule has 1 aromatic rings. The first kappa shape index (κ1) is 17.2. The lowest BCUT2D eigenvalue weighted by Gasteiger charge is -2.24. The van der Waals surface area contributed by atoms with Gasteiger partial charge in [0, 0.05) is 23.2 Å². The van der Waals surface area contributed by atoms with Gasteiger partial charge in [0.05, 0.1) is 6.42 Å². The molecule has 112 valence electrons. The number of carboxylic acid groups (broad SMARTS) is 1. The van der Waals surface area contributed by atoms with E-state index < -0.39 is 5.97 Å². The van der Waals surface area contributed by atoms with Crippen molar-refractivity contribution < 1.29 is 14.3 Å². The highest BCUT2D eigenvalue weighted by atomic mass is 35.5. The number of hydrogen-bond donors (Lipinski definition) is 1. The van der Waals surface area contributed by atoms with Crippen LogP contribution < -0.4 is 0 Å². The molecule has 1 fully saturated rings. The van der Waals surface area contributed by atoms with E-state index in [1.54, 1.807) is 12.1 Å². The van der Waals surface area contributed by atoms with Gasteiger partial charge in [-0.3, -0.25) is 9.69 Å². The van der Waals surface area contributed by atoms with E-state index in [0.29, 0.717) is 23.6 Å². The highest BCUT2D eigenvalue weighted by Gasteiger charge is 2.26. The van der Waals surface area contributed by atoms with Gasteiger partial charge in [-0.05, 0) is 37.9 Å². The van der Waals surface area contributed by atoms with Crippen LogP contribution in [0.15, 0.2) is 18.2 Å². The van der Waals surface area contributed by atoms with Gasteiger partial charge in [0.15, 0.2) is 0 Å². The van der Waals surface area contributed by atoms with Crippen LogP contribution in [0.5, 0.6) is 0 Å². The first-order valence-electron chi connectivity index (χ1n) is 6.46. The van der Waals surface area contributed by atoms with Gasteiger partial charge < -0.3 is 5.11 Å². The molecule has 0 spiro atoms. The normalized spacial score (nSPS) is 18.8. The minimum absolute atomic E-state index is 0. The number of halogens is 3. The van der Waals surface area contributed by atoms with Crippen molar-refractivity contribution in [1.29, 1.82) is 0 Å². The second-order valence-corrected chi connectivity index (χ2v) is 5.29. The maximum atomic E-state index is 13.7. The lowest BCUT2D eigenvalue weighted by atomic mass is 10.0. The standard InChI is InChI=1S/C14H17ClFNO2.ClH/c15-12-4-1-5-13(16)11(12)9-10-3-2-7-17(10)8-6-14(18)19;/h1,4-5,10H,2-3,6-9H2,(H,18,19);1H. The minimum Gasteiger partial charge on any atom is -0.481 e. The summed E-state index contributed by atoms with van der Waals surface area (Å²) >= 11 is 6.03. The van der Waals surface area contributed by atoms with Crippen molar-refractivity contribution in [2.24, 2.45) is 0 Å². The third-order valence-electron chi connectivity index (χ3n) is 3.61. The zero-order valence-corrected chi connectivity index (χ0v) is 12.6. The van der Waals surface area contributed by atoms with E-state index in [2.05, 4.69) is 4.90 Å². The fourth-order valence-electron chi connectivity index (χ4n) is 2.62. The van der Waals surface area contributed by atoms with E-state index in [4.69, 9.17) is 16.7 Å². The Bertz CT molecular complexity index is 450. The van der Waals surface area contributed by atoms with E-state index in [1.165, 1.54) is 6.07 Å². The maximum Gasteiger partial charge on any atom is 0.304 e. The molecule has 1 saturated heterocycles. The smallest absolute Gasteiger partial charge is 0.304 e. The number of rotatable bonds is 5. The zero-order valence-electron chi connectivity index (χ0n) is 11.0. The molecular formula is C14H18Cl2FNO2. The zero-order chi connectivity index (χ0) is 13.8. The number of nitrogens with zero attached hydrogens (tertiary/aromatic N) is 1. The first-order chi connectivity index (χ1) is 9.08. The van der Waals surface area contributed by atoms with Crippen molar-refractivity contribution in [3.8, 4) is 0 Å². The van der Waals surface area contributed by atoms with Crippen LogP contribution >= 0.6 is 24.0 Å². The molecule has 2 rings (SSSR count). The Kier molecular flexibility index (Phi) is 6.72. The average Bonchev–Trinajstić information content (AvgIpc) is 2.79. The molecule has 6 heteroatoms. The highest BCUT2D eigenvalue weighted by Crippen LogP contribution is 2.26. The third-order valence-corrected chi connectivity index (χ3v) is 3.97. The van der Waals surface area contributed by atoms with Crippen molar-refractivity contribution in [2.45, 2.75) is 31.7 Å². The summed E-state index contributed by atoms with van der Waals surface area (Å²) in [5, 5.41) is 9.18. The van der Waals surface area contributed by atoms with Crippen molar-refractivity contribution in [2.75, 3.05) is 13.1 Å². The molecule has 1 unspecified atom stereocenters. The number of carbonyl (C=O) groups is 1. The Morgan fingerprint density at radius 3 is 2.90 bits per heavy atom. The minimum atomic E-state index is -0.797. The SMILES string of the molecule is Cl.O=C(O)CCN1CCCC1Cc1c(F)cccc1Cl. The van der Waals surface area contributed by atoms with E-state index in [9.17, 15) is 9.18 Å². The van der Waals surface area contributed by atoms with E-state index >= 15 is 0 Å². The van der Waals surface area contributed by atoms with Gasteiger partial charge in [-0.25, -0.2) is 4.39 Å². The van der Waals surface area contributed by atoms with Crippen molar-refractivity contribution in [3.63, 3.8) is 0 Å². The number of carboxylic acids is 1. The van der Waals surface area contributed by atoms with Crippen molar-refractivity contribution >= 4 is 30.0 Å². The molecule has 1 aromatic carbocycles. The van der Waals surface area contributed by atoms with Crippen LogP contribution in [0.3, 0.4) is 0 Å². The van der Waals surface area contributed by atoms with Gasteiger partial charge in [-0.2, -0.15) is 0 Å². The molecule has 0 amide bonds. The number of likely N-dealkylation sites (tertiary alicyclic amines) is 1. The molecule has 1 N–H and O–H groups in total. The molecule has 1 aliphatic heterocycles. The number of aliphatic carboxylic acids is 1. The van der Waals surface area contributed by atoms with Gasteiger partial charge in [-0.15, -0.1) is 12.4 Å². The molecule has 0 saturated carbocycles. The molecule has 1 heterocycles. The molecule has 1 atom stereocenters. The third kappa shape index (κ3) is 4.33. The molecule has 0 bridgehead atoms. The van der Waals surface area contributed by atoms with Gasteiger partial charge >= 0.3 is 5.97 Å². The van der Waals surface area contributed by atoms with Crippen LogP contribution in [0.25, 0.3) is 0 Å². The summed E-state index contributed by atoms with van der Waals surface area (Å²) in [6.07, 6.45) is 2.66. The first-order valence-corrected chi connectivity index (χ1v) is 6.84. The van der Waals surface area contributed by atoms with Gasteiger partial charge in [0.25, 0.3) is 0 Å². The monoisotopic (exact) mass is 321 g/mol. The second-order valence-electron chi connectivity index (χ2n) is 4.88. The summed E-state index contributed by atoms with van der Waals surface area (Å²) in [4.78, 5) is 12.7. The Morgan fingerprint density at radius 1 is 1.50 bits per heavy atom. The summed E-state index contributed by atoms with van der Waals surface area (Å²) in [7, 11) is 0. The molecule has 0 aromatic heterocycles. The Balaban J connectivity index is 0.00000200. The van der Waals surface area contributed by atoms with Gasteiger partial charge in [0.2, 0.25) is 0 Å². The summed E-state index contributed by atoms with van der Waals surface area (Å²) < 4.78 is 13.7. The van der Waals surface area contributed by atoms with Crippen LogP contribution in [0.1, 0.15) is 24.8 Å². The summed E-state index contributed by atoms with van der Waals surface area (Å²) in [5.74, 6) is -1.08. The van der Waals surface area contributed by atoms with Gasteiger partial charge in [0.1, 0.15) is 5.82 Å². The number of hydrogen-bond acceptors (Lipinski definition) is 2. The summed E-state index contributed by atoms with van der Waals surface area (Å²) in [5.41, 5.74) is 0.538.